The first-order chi connectivity index (χ1) is 12.7. The first-order valence-corrected chi connectivity index (χ1v) is 10.1. The molecule has 0 atom stereocenters. The van der Waals surface area contributed by atoms with Crippen LogP contribution in [-0.2, 0) is 12.8 Å². The van der Waals surface area contributed by atoms with Crippen molar-refractivity contribution in [2.24, 2.45) is 4.99 Å². The van der Waals surface area contributed by atoms with Crippen molar-refractivity contribution in [2.45, 2.75) is 19.3 Å². The second-order valence-electron chi connectivity index (χ2n) is 5.99. The first kappa shape index (κ1) is 17.0. The van der Waals surface area contributed by atoms with E-state index in [4.69, 9.17) is 4.74 Å². The van der Waals surface area contributed by atoms with E-state index in [-0.39, 0.29) is 5.91 Å². The third kappa shape index (κ3) is 3.43. The quantitative estimate of drug-likeness (QED) is 0.608. The maximum Gasteiger partial charge on any atom is 0.259 e. The number of methoxy groups -OCH3 is 1. The van der Waals surface area contributed by atoms with Crippen molar-refractivity contribution in [3.8, 4) is 5.75 Å². The molecule has 0 saturated heterocycles. The zero-order valence-electron chi connectivity index (χ0n) is 14.3. The van der Waals surface area contributed by atoms with Crippen LogP contribution in [0.25, 0.3) is 0 Å². The predicted molar refractivity (Wildman–Crippen MR) is 109 cm³/mol. The molecule has 2 aromatic heterocycles. The predicted octanol–water partition coefficient (Wildman–Crippen LogP) is 5.31. The summed E-state index contributed by atoms with van der Waals surface area (Å²) in [5.41, 5.74) is 2.65. The number of fused-ring (bicyclic) bond motifs is 1. The van der Waals surface area contributed by atoms with Gasteiger partial charge in [-0.05, 0) is 60.5 Å². The number of aliphatic imine (C=N–C) groups is 1. The van der Waals surface area contributed by atoms with Crippen LogP contribution in [0.3, 0.4) is 0 Å². The summed E-state index contributed by atoms with van der Waals surface area (Å²) in [5.74, 6) is 0.675. The average Bonchev–Trinajstić information content (AvgIpc) is 3.37. The van der Waals surface area contributed by atoms with Crippen LogP contribution in [0.15, 0.2) is 46.8 Å². The van der Waals surface area contributed by atoms with Crippen LogP contribution in [-0.4, -0.2) is 19.2 Å². The van der Waals surface area contributed by atoms with Crippen molar-refractivity contribution in [3.63, 3.8) is 0 Å². The van der Waals surface area contributed by atoms with Gasteiger partial charge in [0.1, 0.15) is 10.8 Å². The van der Waals surface area contributed by atoms with Crippen LogP contribution in [0.2, 0.25) is 0 Å². The van der Waals surface area contributed by atoms with E-state index < -0.39 is 0 Å². The molecule has 2 heterocycles. The lowest BCUT2D eigenvalue weighted by molar-refractivity contribution is 0.102. The highest BCUT2D eigenvalue weighted by molar-refractivity contribution is 7.16. The van der Waals surface area contributed by atoms with Gasteiger partial charge in [0.05, 0.1) is 12.7 Å². The Hall–Kier alpha value is -2.44. The zero-order valence-corrected chi connectivity index (χ0v) is 16.0. The molecular formula is C20H18N2O2S2. The number of anilines is 1. The van der Waals surface area contributed by atoms with Crippen molar-refractivity contribution >= 4 is 45.5 Å². The Kier molecular flexibility index (Phi) is 4.86. The highest BCUT2D eigenvalue weighted by Gasteiger charge is 2.26. The summed E-state index contributed by atoms with van der Waals surface area (Å²) in [6.45, 7) is 0. The van der Waals surface area contributed by atoms with Crippen molar-refractivity contribution in [3.05, 3.63) is 62.7 Å². The molecule has 4 rings (SSSR count). The molecule has 1 aliphatic carbocycles. The number of benzene rings is 1. The highest BCUT2D eigenvalue weighted by atomic mass is 32.1. The number of amides is 1. The van der Waals surface area contributed by atoms with Gasteiger partial charge in [-0.3, -0.25) is 4.79 Å². The maximum absolute atomic E-state index is 13.0. The molecule has 1 aliphatic rings. The monoisotopic (exact) mass is 382 g/mol. The summed E-state index contributed by atoms with van der Waals surface area (Å²) in [6, 6.07) is 11.4. The summed E-state index contributed by atoms with van der Waals surface area (Å²) in [6.07, 6.45) is 4.94. The fourth-order valence-corrected chi connectivity index (χ4v) is 4.89. The van der Waals surface area contributed by atoms with E-state index in [0.29, 0.717) is 0 Å². The Balaban J connectivity index is 1.62. The van der Waals surface area contributed by atoms with Gasteiger partial charge in [0.25, 0.3) is 5.91 Å². The van der Waals surface area contributed by atoms with Crippen LogP contribution in [0, 0.1) is 0 Å². The van der Waals surface area contributed by atoms with Gasteiger partial charge in [0, 0.05) is 21.7 Å². The lowest BCUT2D eigenvalue weighted by Crippen LogP contribution is -2.13. The number of carbonyl (C=O) groups is 1. The van der Waals surface area contributed by atoms with E-state index >= 15 is 0 Å². The summed E-state index contributed by atoms with van der Waals surface area (Å²) in [7, 11) is 1.63. The molecule has 0 unspecified atom stereocenters. The molecule has 0 aliphatic heterocycles. The van der Waals surface area contributed by atoms with E-state index in [1.54, 1.807) is 29.8 Å². The fraction of sp³-hybridized carbons (Fsp3) is 0.200. The van der Waals surface area contributed by atoms with Crippen molar-refractivity contribution < 1.29 is 9.53 Å². The molecule has 3 aromatic rings. The standard InChI is InChI=1S/C20H18N2O2S2/c1-24-14-9-7-13(8-10-14)22-19(23)18-16-5-2-6-17(16)26-20(18)21-12-15-4-3-11-25-15/h3-4,7-12H,2,5-6H2,1H3,(H,22,23). The summed E-state index contributed by atoms with van der Waals surface area (Å²) < 4.78 is 5.16. The number of nitrogens with zero attached hydrogens (tertiary/aromatic N) is 1. The second kappa shape index (κ2) is 7.43. The summed E-state index contributed by atoms with van der Waals surface area (Å²) in [4.78, 5) is 20.0. The molecule has 6 heteroatoms. The Morgan fingerprint density at radius 3 is 2.81 bits per heavy atom. The molecule has 1 amide bonds. The second-order valence-corrected chi connectivity index (χ2v) is 8.06. The van der Waals surface area contributed by atoms with Gasteiger partial charge >= 0.3 is 0 Å². The van der Waals surface area contributed by atoms with Gasteiger partial charge in [-0.25, -0.2) is 4.99 Å². The van der Waals surface area contributed by atoms with Crippen molar-refractivity contribution in [1.29, 1.82) is 0 Å². The first-order valence-electron chi connectivity index (χ1n) is 8.42. The van der Waals surface area contributed by atoms with Crippen molar-refractivity contribution in [2.75, 3.05) is 12.4 Å². The zero-order chi connectivity index (χ0) is 17.9. The van der Waals surface area contributed by atoms with Gasteiger partial charge in [0.15, 0.2) is 0 Å². The summed E-state index contributed by atoms with van der Waals surface area (Å²) in [5, 5.41) is 5.82. The van der Waals surface area contributed by atoms with Gasteiger partial charge in [-0.15, -0.1) is 22.7 Å². The smallest absolute Gasteiger partial charge is 0.259 e. The number of thiophene rings is 2. The molecule has 26 heavy (non-hydrogen) atoms. The normalized spacial score (nSPS) is 13.1. The molecule has 1 aromatic carbocycles. The molecule has 1 N–H and O–H groups in total. The van der Waals surface area contributed by atoms with E-state index in [1.807, 2.05) is 48.0 Å². The Morgan fingerprint density at radius 1 is 1.23 bits per heavy atom. The largest absolute Gasteiger partial charge is 0.497 e. The van der Waals surface area contributed by atoms with Gasteiger partial charge in [-0.1, -0.05) is 6.07 Å². The Labute approximate surface area is 160 Å². The third-order valence-electron chi connectivity index (χ3n) is 4.33. The molecule has 0 radical (unpaired) electrons. The Bertz CT molecular complexity index is 941. The third-order valence-corrected chi connectivity index (χ3v) is 6.34. The number of aryl methyl sites for hydroxylation is 1. The van der Waals surface area contributed by atoms with Gasteiger partial charge in [0.2, 0.25) is 0 Å². The average molecular weight is 383 g/mol. The number of hydrogen-bond acceptors (Lipinski definition) is 5. The topological polar surface area (TPSA) is 50.7 Å². The minimum absolute atomic E-state index is 0.0899. The molecule has 0 saturated carbocycles. The molecule has 132 valence electrons. The number of nitrogens with one attached hydrogen (secondary N) is 1. The van der Waals surface area contributed by atoms with Crippen molar-refractivity contribution in [1.82, 2.24) is 0 Å². The molecule has 0 fully saturated rings. The van der Waals surface area contributed by atoms with E-state index in [0.717, 1.165) is 46.1 Å². The fourth-order valence-electron chi connectivity index (χ4n) is 3.07. The Morgan fingerprint density at radius 2 is 2.08 bits per heavy atom. The van der Waals surface area contributed by atoms with Crippen LogP contribution in [0.1, 0.15) is 32.1 Å². The molecule has 0 bridgehead atoms. The molecule has 0 spiro atoms. The number of hydrogen-bond donors (Lipinski definition) is 1. The van der Waals surface area contributed by atoms with E-state index in [2.05, 4.69) is 10.3 Å². The maximum atomic E-state index is 13.0. The SMILES string of the molecule is COc1ccc(NC(=O)c2c(N=Cc3cccs3)sc3c2CCC3)cc1. The van der Waals surface area contributed by atoms with Crippen LogP contribution < -0.4 is 10.1 Å². The highest BCUT2D eigenvalue weighted by Crippen LogP contribution is 2.41. The summed E-state index contributed by atoms with van der Waals surface area (Å²) >= 11 is 3.28. The van der Waals surface area contributed by atoms with E-state index in [9.17, 15) is 4.79 Å². The van der Waals surface area contributed by atoms with Gasteiger partial charge in [-0.2, -0.15) is 0 Å². The molecule has 4 nitrogen and oxygen atoms in total. The van der Waals surface area contributed by atoms with Crippen LogP contribution in [0.4, 0.5) is 10.7 Å². The molecular weight excluding hydrogens is 364 g/mol. The lowest BCUT2D eigenvalue weighted by atomic mass is 10.1. The van der Waals surface area contributed by atoms with Crippen LogP contribution >= 0.6 is 22.7 Å². The van der Waals surface area contributed by atoms with Crippen LogP contribution in [0.5, 0.6) is 5.75 Å². The minimum Gasteiger partial charge on any atom is -0.497 e. The minimum atomic E-state index is -0.0899. The van der Waals surface area contributed by atoms with E-state index in [1.165, 1.54) is 10.4 Å². The number of carbonyl (C=O) groups excluding carboxylic acids is 1. The van der Waals surface area contributed by atoms with Gasteiger partial charge < -0.3 is 10.1 Å². The number of rotatable bonds is 5. The lowest BCUT2D eigenvalue weighted by Gasteiger charge is -2.07. The number of ether oxygens (including phenoxy) is 1.